The van der Waals surface area contributed by atoms with E-state index in [2.05, 4.69) is 97.9 Å². The molecule has 0 aromatic carbocycles. The quantitative estimate of drug-likeness (QED) is 0.0918. The van der Waals surface area contributed by atoms with Crippen molar-refractivity contribution in [2.75, 3.05) is 7.11 Å². The molecular formula is C34H60N2O4Si2. The van der Waals surface area contributed by atoms with E-state index in [1.165, 1.54) is 20.0 Å². The van der Waals surface area contributed by atoms with Crippen molar-refractivity contribution in [3.63, 3.8) is 0 Å². The number of nitrogens with one attached hydrogen (secondary N) is 1. The van der Waals surface area contributed by atoms with E-state index in [1.807, 2.05) is 0 Å². The van der Waals surface area contributed by atoms with E-state index in [4.69, 9.17) is 13.6 Å². The minimum atomic E-state index is -2.05. The van der Waals surface area contributed by atoms with E-state index in [0.29, 0.717) is 6.42 Å². The van der Waals surface area contributed by atoms with Gasteiger partial charge in [-0.2, -0.15) is 5.26 Å². The van der Waals surface area contributed by atoms with Crippen LogP contribution in [0.5, 0.6) is 0 Å². The zero-order valence-corrected chi connectivity index (χ0v) is 30.8. The van der Waals surface area contributed by atoms with Gasteiger partial charge in [0.15, 0.2) is 16.6 Å². The third-order valence-corrected chi connectivity index (χ3v) is 18.9. The first kappa shape index (κ1) is 36.5. The first-order valence-electron chi connectivity index (χ1n) is 16.1. The smallest absolute Gasteiger partial charge is 0.305 e. The number of ether oxygens (including phenoxy) is 1. The largest absolute Gasteiger partial charge is 0.469 e. The third kappa shape index (κ3) is 9.41. The molecule has 2 rings (SSSR count). The van der Waals surface area contributed by atoms with Crippen LogP contribution >= 0.6 is 0 Å². The minimum Gasteiger partial charge on any atom is -0.469 e. The van der Waals surface area contributed by atoms with Gasteiger partial charge in [-0.1, -0.05) is 79.9 Å². The van der Waals surface area contributed by atoms with Crippen molar-refractivity contribution in [1.29, 1.82) is 5.26 Å². The molecule has 0 aliphatic heterocycles. The second-order valence-electron chi connectivity index (χ2n) is 15.2. The Bertz CT molecular complexity index is 1100. The average Bonchev–Trinajstić information content (AvgIpc) is 3.37. The Morgan fingerprint density at radius 2 is 1.69 bits per heavy atom. The maximum Gasteiger partial charge on any atom is 0.305 e. The molecule has 1 N–H and O–H groups in total. The lowest BCUT2D eigenvalue weighted by Crippen LogP contribution is -2.45. The molecular weight excluding hydrogens is 557 g/mol. The Morgan fingerprint density at radius 3 is 2.24 bits per heavy atom. The molecule has 0 spiro atoms. The topological polar surface area (TPSA) is 84.3 Å². The summed E-state index contributed by atoms with van der Waals surface area (Å²) in [5.74, 6) is -0.186. The first-order valence-corrected chi connectivity index (χ1v) is 21.9. The monoisotopic (exact) mass is 616 g/mol. The van der Waals surface area contributed by atoms with Crippen molar-refractivity contribution < 1.29 is 18.4 Å². The van der Waals surface area contributed by atoms with Gasteiger partial charge in [-0.15, -0.1) is 0 Å². The zero-order valence-electron chi connectivity index (χ0n) is 28.8. The number of nitrogens with zero attached hydrogens (tertiary/aromatic N) is 1. The highest BCUT2D eigenvalue weighted by Crippen LogP contribution is 2.45. The predicted octanol–water partition coefficient (Wildman–Crippen LogP) is 9.33. The third-order valence-electron chi connectivity index (χ3n) is 9.86. The van der Waals surface area contributed by atoms with Crippen molar-refractivity contribution in [3.05, 3.63) is 34.7 Å². The first-order chi connectivity index (χ1) is 19.4. The summed E-state index contributed by atoms with van der Waals surface area (Å²) in [5.41, 5.74) is 3.96. The Labute approximate surface area is 259 Å². The lowest BCUT2D eigenvalue weighted by molar-refractivity contribution is -0.140. The summed E-state index contributed by atoms with van der Waals surface area (Å²) in [6.07, 6.45) is 12.7. The summed E-state index contributed by atoms with van der Waals surface area (Å²) in [5, 5.41) is 10.6. The average molecular weight is 617 g/mol. The molecule has 6 nitrogen and oxygen atoms in total. The number of H-pyrrole nitrogens is 1. The van der Waals surface area contributed by atoms with Crippen LogP contribution in [0.25, 0.3) is 0 Å². The standard InChI is InChI=1S/C34H60N2O4Si2/c1-13-14-15-18-25(39-41(9,10)33(2,3)4)21-22-26-30(40-42(11,12)34(5,6)7)23-29-32(26)27(24-35)28(36-29)19-16-17-20-31(37)38-8/h21-22,25-26,30,36H,13-20,23H2,1-12H3/b22-21+/t25-,26-,30+/m0/s1. The highest BCUT2D eigenvalue weighted by atomic mass is 28.4. The second-order valence-corrected chi connectivity index (χ2v) is 24.7. The number of nitriles is 1. The fraction of sp³-hybridized carbons (Fsp3) is 0.765. The fourth-order valence-corrected chi connectivity index (χ4v) is 7.78. The second kappa shape index (κ2) is 14.9. The molecule has 1 aliphatic rings. The summed E-state index contributed by atoms with van der Waals surface area (Å²) >= 11 is 0. The normalized spacial score (nSPS) is 18.7. The number of unbranched alkanes of at least 4 members (excludes halogenated alkanes) is 3. The van der Waals surface area contributed by atoms with Crippen LogP contribution in [0.15, 0.2) is 12.2 Å². The van der Waals surface area contributed by atoms with Crippen LogP contribution in [0.4, 0.5) is 0 Å². The van der Waals surface area contributed by atoms with Gasteiger partial charge in [0, 0.05) is 35.7 Å². The van der Waals surface area contributed by atoms with Crippen LogP contribution in [-0.2, 0) is 31.2 Å². The van der Waals surface area contributed by atoms with Crippen LogP contribution in [0, 0.1) is 11.3 Å². The van der Waals surface area contributed by atoms with Gasteiger partial charge in [0.2, 0.25) is 0 Å². The van der Waals surface area contributed by atoms with E-state index in [9.17, 15) is 10.1 Å². The Kier molecular flexibility index (Phi) is 12.9. The number of aromatic nitrogens is 1. The molecule has 0 saturated heterocycles. The number of esters is 1. The molecule has 0 fully saturated rings. The Morgan fingerprint density at radius 1 is 1.05 bits per heavy atom. The lowest BCUT2D eigenvalue weighted by Gasteiger charge is -2.40. The van der Waals surface area contributed by atoms with Gasteiger partial charge in [-0.25, -0.2) is 0 Å². The maximum absolute atomic E-state index is 11.6. The number of hydrogen-bond donors (Lipinski definition) is 1. The molecule has 1 heterocycles. The van der Waals surface area contributed by atoms with Gasteiger partial charge in [0.1, 0.15) is 6.07 Å². The number of methoxy groups -OCH3 is 1. The van der Waals surface area contributed by atoms with Crippen LogP contribution in [-0.4, -0.2) is 46.9 Å². The van der Waals surface area contributed by atoms with E-state index in [1.54, 1.807) is 0 Å². The fourth-order valence-electron chi connectivity index (χ4n) is 5.14. The molecule has 0 unspecified atom stereocenters. The van der Waals surface area contributed by atoms with E-state index in [0.717, 1.165) is 61.0 Å². The van der Waals surface area contributed by atoms with Crippen molar-refractivity contribution in [2.24, 2.45) is 0 Å². The number of hydrogen-bond acceptors (Lipinski definition) is 5. The Balaban J connectivity index is 2.45. The number of aryl methyl sites for hydroxylation is 1. The molecule has 0 bridgehead atoms. The maximum atomic E-state index is 11.6. The summed E-state index contributed by atoms with van der Waals surface area (Å²) in [6.45, 7) is 25.3. The predicted molar refractivity (Wildman–Crippen MR) is 179 cm³/mol. The molecule has 8 heteroatoms. The molecule has 0 amide bonds. The molecule has 0 saturated carbocycles. The molecule has 0 radical (unpaired) electrons. The summed E-state index contributed by atoms with van der Waals surface area (Å²) in [6, 6.07) is 2.54. The van der Waals surface area contributed by atoms with Crippen LogP contribution in [0.1, 0.15) is 122 Å². The number of carbonyl (C=O) groups excluding carboxylic acids is 1. The number of fused-ring (bicyclic) bond motifs is 1. The minimum absolute atomic E-state index is 0.000495. The van der Waals surface area contributed by atoms with Crippen molar-refractivity contribution in [3.8, 4) is 6.07 Å². The summed E-state index contributed by atoms with van der Waals surface area (Å²) in [7, 11) is -2.59. The van der Waals surface area contributed by atoms with Crippen LogP contribution in [0.2, 0.25) is 36.3 Å². The number of aromatic amines is 1. The van der Waals surface area contributed by atoms with E-state index >= 15 is 0 Å². The van der Waals surface area contributed by atoms with Gasteiger partial charge >= 0.3 is 5.97 Å². The molecule has 1 aromatic heterocycles. The van der Waals surface area contributed by atoms with E-state index in [-0.39, 0.29) is 34.2 Å². The van der Waals surface area contributed by atoms with Gasteiger partial charge in [0.25, 0.3) is 0 Å². The zero-order chi connectivity index (χ0) is 31.9. The molecule has 1 aromatic rings. The number of rotatable bonds is 15. The van der Waals surface area contributed by atoms with Crippen molar-refractivity contribution >= 4 is 22.6 Å². The molecule has 1 aliphatic carbocycles. The van der Waals surface area contributed by atoms with Crippen molar-refractivity contribution in [2.45, 2.75) is 161 Å². The van der Waals surface area contributed by atoms with Gasteiger partial charge in [-0.05, 0) is 61.9 Å². The Hall–Kier alpha value is -1.67. The molecule has 42 heavy (non-hydrogen) atoms. The van der Waals surface area contributed by atoms with Crippen LogP contribution in [0.3, 0.4) is 0 Å². The highest BCUT2D eigenvalue weighted by Gasteiger charge is 2.45. The van der Waals surface area contributed by atoms with Crippen LogP contribution < -0.4 is 0 Å². The van der Waals surface area contributed by atoms with Gasteiger partial charge in [-0.3, -0.25) is 4.79 Å². The molecule has 238 valence electrons. The van der Waals surface area contributed by atoms with Crippen molar-refractivity contribution in [1.82, 2.24) is 4.98 Å². The SMILES string of the molecule is CCCCC[C@@H](/C=C/[C@@H]1c2c([nH]c(CCCCC(=O)OC)c2C#N)C[C@H]1O[Si](C)(C)C(C)(C)C)O[Si](C)(C)C(C)(C)C. The van der Waals surface area contributed by atoms with Gasteiger partial charge in [0.05, 0.1) is 24.9 Å². The summed E-state index contributed by atoms with van der Waals surface area (Å²) < 4.78 is 18.8. The lowest BCUT2D eigenvalue weighted by atomic mass is 9.94. The van der Waals surface area contributed by atoms with Gasteiger partial charge < -0.3 is 18.6 Å². The van der Waals surface area contributed by atoms with E-state index < -0.39 is 16.6 Å². The summed E-state index contributed by atoms with van der Waals surface area (Å²) in [4.78, 5) is 15.2. The highest BCUT2D eigenvalue weighted by molar-refractivity contribution is 6.74. The number of carbonyl (C=O) groups is 1. The molecule has 3 atom stereocenters.